The lowest BCUT2D eigenvalue weighted by Gasteiger charge is -2.36. The molecule has 27 heavy (non-hydrogen) atoms. The van der Waals surface area contributed by atoms with Crippen LogP contribution in [0.4, 0.5) is 16.0 Å². The Kier molecular flexibility index (Phi) is 4.70. The van der Waals surface area contributed by atoms with Crippen molar-refractivity contribution < 1.29 is 4.39 Å². The number of aryl methyl sites for hydroxylation is 1. The maximum absolute atomic E-state index is 13.4. The highest BCUT2D eigenvalue weighted by atomic mass is 19.1. The standard InChI is InChI=1S/C19H21FN6O/c1-25-18(27)8-7-17(24-25)26-9-3-2-4-14(26)11-21-19-15-6-5-13(20)10-16(15)22-12-23-19/h5-8,10,12,14H,2-4,9,11H2,1H3,(H,21,22,23). The van der Waals surface area contributed by atoms with Gasteiger partial charge in [-0.15, -0.1) is 0 Å². The van der Waals surface area contributed by atoms with Gasteiger partial charge in [0.1, 0.15) is 23.8 Å². The molecule has 7 nitrogen and oxygen atoms in total. The van der Waals surface area contributed by atoms with Crippen LogP contribution in [0.1, 0.15) is 19.3 Å². The zero-order valence-electron chi connectivity index (χ0n) is 15.1. The number of hydrogen-bond acceptors (Lipinski definition) is 6. The maximum Gasteiger partial charge on any atom is 0.266 e. The van der Waals surface area contributed by atoms with Gasteiger partial charge in [-0.2, -0.15) is 5.10 Å². The quantitative estimate of drug-likeness (QED) is 0.762. The molecule has 1 aromatic carbocycles. The van der Waals surface area contributed by atoms with Gasteiger partial charge in [-0.3, -0.25) is 4.79 Å². The summed E-state index contributed by atoms with van der Waals surface area (Å²) in [6, 6.07) is 8.08. The van der Waals surface area contributed by atoms with E-state index in [1.807, 2.05) is 0 Å². The van der Waals surface area contributed by atoms with Gasteiger partial charge in [-0.05, 0) is 37.5 Å². The lowest BCUT2D eigenvalue weighted by Crippen LogP contribution is -2.45. The monoisotopic (exact) mass is 368 g/mol. The zero-order valence-corrected chi connectivity index (χ0v) is 15.1. The predicted molar refractivity (Wildman–Crippen MR) is 102 cm³/mol. The van der Waals surface area contributed by atoms with Crippen molar-refractivity contribution in [3.63, 3.8) is 0 Å². The molecule has 140 valence electrons. The molecule has 0 aliphatic carbocycles. The Labute approximate surface area is 155 Å². The van der Waals surface area contributed by atoms with E-state index >= 15 is 0 Å². The van der Waals surface area contributed by atoms with Crippen LogP contribution in [0.2, 0.25) is 0 Å². The number of hydrogen-bond donors (Lipinski definition) is 1. The summed E-state index contributed by atoms with van der Waals surface area (Å²) >= 11 is 0. The first-order valence-corrected chi connectivity index (χ1v) is 9.07. The molecule has 3 aromatic rings. The van der Waals surface area contributed by atoms with E-state index in [4.69, 9.17) is 0 Å². The van der Waals surface area contributed by atoms with Crippen LogP contribution in [0.3, 0.4) is 0 Å². The Hall–Kier alpha value is -3.03. The number of fused-ring (bicyclic) bond motifs is 1. The van der Waals surface area contributed by atoms with E-state index in [9.17, 15) is 9.18 Å². The van der Waals surface area contributed by atoms with Gasteiger partial charge in [0.15, 0.2) is 0 Å². The Balaban J connectivity index is 1.55. The van der Waals surface area contributed by atoms with Crippen LogP contribution in [0, 0.1) is 5.82 Å². The van der Waals surface area contributed by atoms with Gasteiger partial charge in [0.25, 0.3) is 5.56 Å². The first-order valence-electron chi connectivity index (χ1n) is 9.07. The number of nitrogens with zero attached hydrogens (tertiary/aromatic N) is 5. The van der Waals surface area contributed by atoms with Crippen molar-refractivity contribution in [1.29, 1.82) is 0 Å². The van der Waals surface area contributed by atoms with Crippen LogP contribution in [0.15, 0.2) is 41.5 Å². The van der Waals surface area contributed by atoms with Crippen molar-refractivity contribution in [2.24, 2.45) is 7.05 Å². The molecule has 1 aliphatic rings. The van der Waals surface area contributed by atoms with Crippen LogP contribution in [0.25, 0.3) is 10.9 Å². The summed E-state index contributed by atoms with van der Waals surface area (Å²) in [4.78, 5) is 22.3. The number of piperidine rings is 1. The molecule has 0 bridgehead atoms. The molecule has 1 unspecified atom stereocenters. The van der Waals surface area contributed by atoms with Gasteiger partial charge in [0, 0.05) is 43.7 Å². The lowest BCUT2D eigenvalue weighted by atomic mass is 10.0. The normalized spacial score (nSPS) is 17.3. The van der Waals surface area contributed by atoms with Gasteiger partial charge in [-0.25, -0.2) is 19.0 Å². The number of anilines is 2. The summed E-state index contributed by atoms with van der Waals surface area (Å²) in [6.07, 6.45) is 4.70. The van der Waals surface area contributed by atoms with E-state index in [2.05, 4.69) is 25.3 Å². The minimum Gasteiger partial charge on any atom is -0.367 e. The van der Waals surface area contributed by atoms with Crippen LogP contribution < -0.4 is 15.8 Å². The second-order valence-corrected chi connectivity index (χ2v) is 6.76. The van der Waals surface area contributed by atoms with Crippen molar-refractivity contribution in [3.8, 4) is 0 Å². The Morgan fingerprint density at radius 3 is 2.96 bits per heavy atom. The van der Waals surface area contributed by atoms with Gasteiger partial charge in [-0.1, -0.05) is 0 Å². The third kappa shape index (κ3) is 3.60. The molecule has 1 saturated heterocycles. The highest BCUT2D eigenvalue weighted by Gasteiger charge is 2.24. The summed E-state index contributed by atoms with van der Waals surface area (Å²) in [6.45, 7) is 1.57. The molecule has 8 heteroatoms. The highest BCUT2D eigenvalue weighted by molar-refractivity contribution is 5.88. The Morgan fingerprint density at radius 1 is 1.22 bits per heavy atom. The van der Waals surface area contributed by atoms with Crippen molar-refractivity contribution in [3.05, 3.63) is 52.8 Å². The molecule has 0 saturated carbocycles. The number of halogens is 1. The first-order chi connectivity index (χ1) is 13.1. The Morgan fingerprint density at radius 2 is 2.11 bits per heavy atom. The summed E-state index contributed by atoms with van der Waals surface area (Å²) in [5.74, 6) is 1.18. The highest BCUT2D eigenvalue weighted by Crippen LogP contribution is 2.24. The van der Waals surface area contributed by atoms with Crippen LogP contribution in [0.5, 0.6) is 0 Å². The summed E-state index contributed by atoms with van der Waals surface area (Å²) < 4.78 is 14.8. The summed E-state index contributed by atoms with van der Waals surface area (Å²) in [5.41, 5.74) is 0.456. The fraction of sp³-hybridized carbons (Fsp3) is 0.368. The largest absolute Gasteiger partial charge is 0.367 e. The maximum atomic E-state index is 13.4. The van der Waals surface area contributed by atoms with E-state index in [1.165, 1.54) is 23.1 Å². The predicted octanol–water partition coefficient (Wildman–Crippen LogP) is 2.33. The second-order valence-electron chi connectivity index (χ2n) is 6.76. The van der Waals surface area contributed by atoms with E-state index < -0.39 is 0 Å². The fourth-order valence-electron chi connectivity index (χ4n) is 3.54. The number of aromatic nitrogens is 4. The molecular formula is C19H21FN6O. The Bertz CT molecular complexity index is 1020. The number of rotatable bonds is 4. The van der Waals surface area contributed by atoms with Crippen molar-refractivity contribution in [2.45, 2.75) is 25.3 Å². The van der Waals surface area contributed by atoms with E-state index in [1.54, 1.807) is 25.2 Å². The van der Waals surface area contributed by atoms with Crippen LogP contribution >= 0.6 is 0 Å². The molecule has 1 aliphatic heterocycles. The lowest BCUT2D eigenvalue weighted by molar-refractivity contribution is 0.464. The molecule has 1 N–H and O–H groups in total. The van der Waals surface area contributed by atoms with Gasteiger partial charge in [0.05, 0.1) is 5.52 Å². The van der Waals surface area contributed by atoms with Gasteiger partial charge >= 0.3 is 0 Å². The minimum absolute atomic E-state index is 0.120. The molecule has 3 heterocycles. The van der Waals surface area contributed by atoms with Crippen molar-refractivity contribution in [1.82, 2.24) is 19.7 Å². The minimum atomic E-state index is -0.314. The van der Waals surface area contributed by atoms with Crippen LogP contribution in [-0.2, 0) is 7.05 Å². The molecule has 0 amide bonds. The van der Waals surface area contributed by atoms with E-state index in [0.717, 1.165) is 37.0 Å². The molecule has 4 rings (SSSR count). The van der Waals surface area contributed by atoms with Gasteiger partial charge in [0.2, 0.25) is 0 Å². The SMILES string of the molecule is Cn1nc(N2CCCCC2CNc2ncnc3cc(F)ccc23)ccc1=O. The van der Waals surface area contributed by atoms with Gasteiger partial charge < -0.3 is 10.2 Å². The molecule has 2 aromatic heterocycles. The number of benzene rings is 1. The second kappa shape index (κ2) is 7.30. The summed E-state index contributed by atoms with van der Waals surface area (Å²) in [5, 5.41) is 8.58. The van der Waals surface area contributed by atoms with E-state index in [0.29, 0.717) is 17.9 Å². The third-order valence-electron chi connectivity index (χ3n) is 4.97. The fourth-order valence-corrected chi connectivity index (χ4v) is 3.54. The molecule has 0 spiro atoms. The topological polar surface area (TPSA) is 75.9 Å². The first kappa shape index (κ1) is 17.4. The number of nitrogens with one attached hydrogen (secondary N) is 1. The zero-order chi connectivity index (χ0) is 18.8. The molecule has 1 fully saturated rings. The van der Waals surface area contributed by atoms with Crippen LogP contribution in [-0.4, -0.2) is 38.9 Å². The van der Waals surface area contributed by atoms with Crippen molar-refractivity contribution >= 4 is 22.5 Å². The average molecular weight is 368 g/mol. The molecule has 0 radical (unpaired) electrons. The third-order valence-corrected chi connectivity index (χ3v) is 4.97. The van der Waals surface area contributed by atoms with Crippen molar-refractivity contribution in [2.75, 3.05) is 23.3 Å². The molecular weight excluding hydrogens is 347 g/mol. The average Bonchev–Trinajstić information content (AvgIpc) is 2.68. The smallest absolute Gasteiger partial charge is 0.266 e. The summed E-state index contributed by atoms with van der Waals surface area (Å²) in [7, 11) is 1.66. The molecule has 1 atom stereocenters. The van der Waals surface area contributed by atoms with E-state index in [-0.39, 0.29) is 17.4 Å².